The van der Waals surface area contributed by atoms with E-state index in [-0.39, 0.29) is 5.41 Å². The molecule has 1 saturated heterocycles. The van der Waals surface area contributed by atoms with E-state index in [1.165, 1.54) is 58.8 Å². The van der Waals surface area contributed by atoms with Crippen LogP contribution in [0.3, 0.4) is 0 Å². The van der Waals surface area contributed by atoms with Crippen molar-refractivity contribution in [2.45, 2.75) is 43.4 Å². The largest absolute Gasteiger partial charge is 0.315 e. The molecular weight excluding hydrogens is 492 g/mol. The third-order valence-electron chi connectivity index (χ3n) is 10.3. The van der Waals surface area contributed by atoms with Gasteiger partial charge in [-0.2, -0.15) is 5.26 Å². The zero-order valence-corrected chi connectivity index (χ0v) is 21.4. The van der Waals surface area contributed by atoms with Crippen LogP contribution >= 0.6 is 15.9 Å². The number of nitrogens with one attached hydrogen (secondary N) is 1. The topological polar surface area (TPSA) is 35.8 Å². The van der Waals surface area contributed by atoms with Gasteiger partial charge < -0.3 is 5.32 Å². The molecule has 1 spiro atoms. The number of rotatable bonds is 2. The van der Waals surface area contributed by atoms with Crippen molar-refractivity contribution in [2.24, 2.45) is 23.7 Å². The summed E-state index contributed by atoms with van der Waals surface area (Å²) >= 11 is 3.83. The number of halogens is 1. The van der Waals surface area contributed by atoms with E-state index in [2.05, 4.69) is 81.9 Å². The Labute approximate surface area is 215 Å². The van der Waals surface area contributed by atoms with Crippen LogP contribution in [-0.4, -0.2) is 13.1 Å². The number of benzene rings is 3. The Morgan fingerprint density at radius 2 is 1.54 bits per heavy atom. The number of nitrogens with zero attached hydrogens (tertiary/aromatic N) is 1. The van der Waals surface area contributed by atoms with Gasteiger partial charge in [0.15, 0.2) is 0 Å². The Hall–Kier alpha value is -2.41. The van der Waals surface area contributed by atoms with Crippen LogP contribution in [0.2, 0.25) is 0 Å². The Kier molecular flexibility index (Phi) is 4.33. The highest BCUT2D eigenvalue weighted by Gasteiger charge is 2.61. The number of hydrogen-bond acceptors (Lipinski definition) is 2. The molecule has 3 aromatic carbocycles. The summed E-state index contributed by atoms with van der Waals surface area (Å²) in [4.78, 5) is 0. The first-order valence-electron chi connectivity index (χ1n) is 13.4. The highest BCUT2D eigenvalue weighted by atomic mass is 79.9. The molecule has 9 rings (SSSR count). The van der Waals surface area contributed by atoms with Crippen molar-refractivity contribution < 1.29 is 0 Å². The van der Waals surface area contributed by atoms with Crippen LogP contribution in [0.15, 0.2) is 59.1 Å². The molecule has 0 atom stereocenters. The van der Waals surface area contributed by atoms with Gasteiger partial charge >= 0.3 is 0 Å². The summed E-state index contributed by atoms with van der Waals surface area (Å²) in [5, 5.41) is 13.6. The molecule has 3 aromatic rings. The molecule has 1 heterocycles. The zero-order valence-electron chi connectivity index (χ0n) is 19.9. The Morgan fingerprint density at radius 1 is 0.800 bits per heavy atom. The molecule has 4 saturated carbocycles. The summed E-state index contributed by atoms with van der Waals surface area (Å²) in [5.41, 5.74) is 10.5. The summed E-state index contributed by atoms with van der Waals surface area (Å²) in [6.07, 6.45) is 7.01. The Bertz CT molecular complexity index is 1400. The smallest absolute Gasteiger partial charge is 0.0998 e. The van der Waals surface area contributed by atoms with E-state index < -0.39 is 0 Å². The van der Waals surface area contributed by atoms with Crippen LogP contribution in [0.5, 0.6) is 0 Å². The highest BCUT2D eigenvalue weighted by molar-refractivity contribution is 9.10. The normalized spacial score (nSPS) is 31.8. The third kappa shape index (κ3) is 2.68. The molecule has 1 N–H and O–H groups in total. The van der Waals surface area contributed by atoms with Crippen LogP contribution in [-0.2, 0) is 5.41 Å². The predicted molar refractivity (Wildman–Crippen MR) is 143 cm³/mol. The Morgan fingerprint density at radius 3 is 2.23 bits per heavy atom. The van der Waals surface area contributed by atoms with E-state index in [0.29, 0.717) is 5.92 Å². The minimum absolute atomic E-state index is 0.141. The SMILES string of the molecule is N#Cc1cc(C2CNC2)ccc1-c1cccc2c1-c1ccc(Br)cc1C21C2CC3CC(C2)CC1C3. The second-order valence-electron chi connectivity index (χ2n) is 11.9. The lowest BCUT2D eigenvalue weighted by atomic mass is 9.43. The lowest BCUT2D eigenvalue weighted by Gasteiger charge is -2.61. The lowest BCUT2D eigenvalue weighted by Crippen LogP contribution is -2.55. The first kappa shape index (κ1) is 20.7. The molecule has 0 radical (unpaired) electrons. The molecule has 0 amide bonds. The summed E-state index contributed by atoms with van der Waals surface area (Å²) in [7, 11) is 0. The summed E-state index contributed by atoms with van der Waals surface area (Å²) in [6.45, 7) is 2.03. The van der Waals surface area contributed by atoms with Crippen LogP contribution < -0.4 is 5.32 Å². The second kappa shape index (κ2) is 7.31. The van der Waals surface area contributed by atoms with Crippen molar-refractivity contribution in [1.82, 2.24) is 5.32 Å². The van der Waals surface area contributed by atoms with E-state index in [1.807, 2.05) is 0 Å². The van der Waals surface area contributed by atoms with Gasteiger partial charge in [0, 0.05) is 34.5 Å². The fourth-order valence-electron chi connectivity index (χ4n) is 9.11. The van der Waals surface area contributed by atoms with Crippen molar-refractivity contribution in [3.8, 4) is 28.3 Å². The number of hydrogen-bond donors (Lipinski definition) is 1. The highest BCUT2D eigenvalue weighted by Crippen LogP contribution is 2.70. The van der Waals surface area contributed by atoms with E-state index >= 15 is 0 Å². The van der Waals surface area contributed by atoms with Crippen LogP contribution in [0.4, 0.5) is 0 Å². The maximum Gasteiger partial charge on any atom is 0.0998 e. The van der Waals surface area contributed by atoms with Crippen LogP contribution in [0.25, 0.3) is 22.3 Å². The van der Waals surface area contributed by atoms with Gasteiger partial charge in [-0.15, -0.1) is 0 Å². The van der Waals surface area contributed by atoms with Crippen LogP contribution in [0.1, 0.15) is 60.3 Å². The lowest BCUT2D eigenvalue weighted by molar-refractivity contribution is -0.0399. The van der Waals surface area contributed by atoms with E-state index in [0.717, 1.165) is 47.9 Å². The van der Waals surface area contributed by atoms with Crippen molar-refractivity contribution >= 4 is 15.9 Å². The number of fused-ring (bicyclic) bond motifs is 3. The maximum absolute atomic E-state index is 10.2. The average Bonchev–Trinajstić information content (AvgIpc) is 3.11. The van der Waals surface area contributed by atoms with Crippen molar-refractivity contribution in [3.05, 3.63) is 81.3 Å². The zero-order chi connectivity index (χ0) is 23.3. The maximum atomic E-state index is 10.2. The van der Waals surface area contributed by atoms with Crippen LogP contribution in [0, 0.1) is 35.0 Å². The van der Waals surface area contributed by atoms with Gasteiger partial charge in [-0.1, -0.05) is 52.3 Å². The minimum atomic E-state index is 0.141. The summed E-state index contributed by atoms with van der Waals surface area (Å²) in [5.74, 6) is 3.89. The molecule has 1 aliphatic heterocycles. The molecule has 5 aliphatic carbocycles. The first-order valence-corrected chi connectivity index (χ1v) is 14.1. The first-order chi connectivity index (χ1) is 17.2. The molecule has 5 fully saturated rings. The van der Waals surface area contributed by atoms with Gasteiger partial charge in [0.2, 0.25) is 0 Å². The molecule has 3 heteroatoms. The second-order valence-corrected chi connectivity index (χ2v) is 12.8. The quantitative estimate of drug-likeness (QED) is 0.382. The molecule has 6 aliphatic rings. The van der Waals surface area contributed by atoms with E-state index in [1.54, 1.807) is 11.1 Å². The molecule has 35 heavy (non-hydrogen) atoms. The van der Waals surface area contributed by atoms with Gasteiger partial charge in [-0.25, -0.2) is 0 Å². The fraction of sp³-hybridized carbons (Fsp3) is 0.406. The monoisotopic (exact) mass is 520 g/mol. The van der Waals surface area contributed by atoms with Crippen molar-refractivity contribution in [2.75, 3.05) is 13.1 Å². The standard InChI is InChI=1S/C32H29BrN2/c33-25-5-7-28-30(14-25)32(23-9-18-8-19(11-23)12-24(32)10-18)29-3-1-2-27(31(28)29)26-6-4-20(13-21(26)15-34)22-16-35-17-22/h1-7,13-14,18-19,22-24,35H,8-12,16-17H2. The summed E-state index contributed by atoms with van der Waals surface area (Å²) in [6, 6.07) is 23.2. The van der Waals surface area contributed by atoms with Gasteiger partial charge in [-0.05, 0) is 107 Å². The van der Waals surface area contributed by atoms with Gasteiger partial charge in [-0.3, -0.25) is 0 Å². The van der Waals surface area contributed by atoms with Crippen molar-refractivity contribution in [3.63, 3.8) is 0 Å². The van der Waals surface area contributed by atoms with Gasteiger partial charge in [0.1, 0.15) is 0 Å². The molecule has 0 aromatic heterocycles. The van der Waals surface area contributed by atoms with Gasteiger partial charge in [0.25, 0.3) is 0 Å². The van der Waals surface area contributed by atoms with E-state index in [9.17, 15) is 5.26 Å². The third-order valence-corrected chi connectivity index (χ3v) is 10.8. The van der Waals surface area contributed by atoms with E-state index in [4.69, 9.17) is 0 Å². The molecule has 0 unspecified atom stereocenters. The fourth-order valence-corrected chi connectivity index (χ4v) is 9.47. The molecule has 4 bridgehead atoms. The Balaban J connectivity index is 1.38. The van der Waals surface area contributed by atoms with Crippen molar-refractivity contribution in [1.29, 1.82) is 5.26 Å². The molecule has 174 valence electrons. The summed E-state index contributed by atoms with van der Waals surface area (Å²) < 4.78 is 1.19. The molecular formula is C32H29BrN2. The predicted octanol–water partition coefficient (Wildman–Crippen LogP) is 7.40. The van der Waals surface area contributed by atoms with Gasteiger partial charge in [0.05, 0.1) is 11.6 Å². The molecule has 2 nitrogen and oxygen atoms in total. The average molecular weight is 522 g/mol. The number of nitriles is 1. The minimum Gasteiger partial charge on any atom is -0.315 e.